The average molecular weight is 102 g/mol. The molecule has 0 aromatic heterocycles. The molecule has 3 N–H and O–H groups in total. The molecular formula is C4H8NO2. The van der Waals surface area contributed by atoms with Crippen LogP contribution in [0.1, 0.15) is 6.42 Å². The van der Waals surface area contributed by atoms with E-state index in [4.69, 9.17) is 10.8 Å². The van der Waals surface area contributed by atoms with Gasteiger partial charge in [-0.3, -0.25) is 4.79 Å². The van der Waals surface area contributed by atoms with Gasteiger partial charge >= 0.3 is 5.97 Å². The Labute approximate surface area is 42.1 Å². The summed E-state index contributed by atoms with van der Waals surface area (Å²) in [4.78, 5) is 9.69. The summed E-state index contributed by atoms with van der Waals surface area (Å²) in [7, 11) is 0. The van der Waals surface area contributed by atoms with Crippen molar-refractivity contribution in [2.45, 2.75) is 12.5 Å². The Morgan fingerprint density at radius 1 is 2.00 bits per heavy atom. The zero-order valence-electron chi connectivity index (χ0n) is 3.92. The molecule has 0 aromatic carbocycles. The predicted octanol–water partition coefficient (Wildman–Crippen LogP) is -0.378. The smallest absolute Gasteiger partial charge is 0.304 e. The summed E-state index contributed by atoms with van der Waals surface area (Å²) in [6.45, 7) is 3.28. The minimum absolute atomic E-state index is 0.0556. The standard InChI is InChI=1S/C4H8NO2/c1-3(5)2-4(6)7/h3H,1-2,5H2,(H,6,7). The Kier molecular flexibility index (Phi) is 2.37. The van der Waals surface area contributed by atoms with Crippen LogP contribution in [0.25, 0.3) is 0 Å². The molecular weight excluding hydrogens is 94.0 g/mol. The van der Waals surface area contributed by atoms with E-state index in [1.807, 2.05) is 0 Å². The molecule has 0 fully saturated rings. The van der Waals surface area contributed by atoms with Crippen LogP contribution >= 0.6 is 0 Å². The lowest BCUT2D eigenvalue weighted by molar-refractivity contribution is -0.137. The summed E-state index contributed by atoms with van der Waals surface area (Å²) in [6, 6.07) is -0.475. The van der Waals surface area contributed by atoms with Crippen molar-refractivity contribution in [3.8, 4) is 0 Å². The fourth-order valence-corrected chi connectivity index (χ4v) is 0.224. The highest BCUT2D eigenvalue weighted by atomic mass is 16.4. The maximum atomic E-state index is 9.69. The molecule has 0 aliphatic rings. The molecule has 1 radical (unpaired) electrons. The highest BCUT2D eigenvalue weighted by Gasteiger charge is 1.98. The minimum atomic E-state index is -0.900. The van der Waals surface area contributed by atoms with Gasteiger partial charge in [-0.05, 0) is 6.92 Å². The van der Waals surface area contributed by atoms with Crippen molar-refractivity contribution in [3.05, 3.63) is 6.92 Å². The Bertz CT molecular complexity index is 70.1. The lowest BCUT2D eigenvalue weighted by atomic mass is 10.3. The Balaban J connectivity index is 3.13. The van der Waals surface area contributed by atoms with Gasteiger partial charge in [0.2, 0.25) is 0 Å². The molecule has 0 spiro atoms. The van der Waals surface area contributed by atoms with Crippen molar-refractivity contribution < 1.29 is 9.90 Å². The highest BCUT2D eigenvalue weighted by molar-refractivity contribution is 5.67. The molecule has 0 aliphatic heterocycles. The molecule has 0 amide bonds. The third-order valence-corrected chi connectivity index (χ3v) is 0.437. The molecule has 0 aromatic rings. The topological polar surface area (TPSA) is 63.3 Å². The summed E-state index contributed by atoms with van der Waals surface area (Å²) < 4.78 is 0. The molecule has 0 rings (SSSR count). The van der Waals surface area contributed by atoms with Gasteiger partial charge in [0, 0.05) is 6.04 Å². The third-order valence-electron chi connectivity index (χ3n) is 0.437. The van der Waals surface area contributed by atoms with Gasteiger partial charge in [-0.2, -0.15) is 0 Å². The molecule has 1 unspecified atom stereocenters. The van der Waals surface area contributed by atoms with Crippen LogP contribution in [-0.2, 0) is 4.79 Å². The fraction of sp³-hybridized carbons (Fsp3) is 0.500. The molecule has 0 saturated heterocycles. The summed E-state index contributed by atoms with van der Waals surface area (Å²) in [5.41, 5.74) is 5.00. The van der Waals surface area contributed by atoms with Gasteiger partial charge in [-0.15, -0.1) is 0 Å². The third kappa shape index (κ3) is 5.43. The quantitative estimate of drug-likeness (QED) is 0.499. The van der Waals surface area contributed by atoms with Crippen LogP contribution in [-0.4, -0.2) is 17.1 Å². The van der Waals surface area contributed by atoms with Gasteiger partial charge in [0.1, 0.15) is 0 Å². The monoisotopic (exact) mass is 102 g/mol. The van der Waals surface area contributed by atoms with Crippen molar-refractivity contribution >= 4 is 5.97 Å². The first-order chi connectivity index (χ1) is 3.13. The van der Waals surface area contributed by atoms with E-state index in [9.17, 15) is 4.79 Å². The normalized spacial score (nSPS) is 13.4. The molecule has 0 bridgehead atoms. The van der Waals surface area contributed by atoms with E-state index < -0.39 is 12.0 Å². The molecule has 3 heteroatoms. The van der Waals surface area contributed by atoms with Crippen LogP contribution in [0.3, 0.4) is 0 Å². The van der Waals surface area contributed by atoms with Crippen molar-refractivity contribution in [2.24, 2.45) is 5.73 Å². The van der Waals surface area contributed by atoms with Gasteiger partial charge in [0.25, 0.3) is 0 Å². The van der Waals surface area contributed by atoms with Crippen LogP contribution in [0.5, 0.6) is 0 Å². The first kappa shape index (κ1) is 6.43. The first-order valence-corrected chi connectivity index (χ1v) is 1.93. The van der Waals surface area contributed by atoms with Crippen LogP contribution < -0.4 is 5.73 Å². The second kappa shape index (κ2) is 2.58. The SMILES string of the molecule is [CH2]C(N)CC(=O)O. The van der Waals surface area contributed by atoms with Crippen molar-refractivity contribution in [3.63, 3.8) is 0 Å². The fourth-order valence-electron chi connectivity index (χ4n) is 0.224. The van der Waals surface area contributed by atoms with Crippen molar-refractivity contribution in [2.75, 3.05) is 0 Å². The Morgan fingerprint density at radius 3 is 2.43 bits per heavy atom. The summed E-state index contributed by atoms with van der Waals surface area (Å²) in [5.74, 6) is -0.900. The molecule has 3 nitrogen and oxygen atoms in total. The van der Waals surface area contributed by atoms with Crippen molar-refractivity contribution in [1.82, 2.24) is 0 Å². The second-order valence-corrected chi connectivity index (χ2v) is 1.36. The van der Waals surface area contributed by atoms with E-state index in [0.29, 0.717) is 0 Å². The molecule has 0 aliphatic carbocycles. The van der Waals surface area contributed by atoms with Gasteiger partial charge in [0.05, 0.1) is 6.42 Å². The number of hydrogen-bond donors (Lipinski definition) is 2. The summed E-state index contributed by atoms with van der Waals surface area (Å²) in [5, 5.41) is 7.96. The average Bonchev–Trinajstić information content (AvgIpc) is 1.27. The van der Waals surface area contributed by atoms with Crippen LogP contribution in [0.4, 0.5) is 0 Å². The molecule has 0 heterocycles. The lowest BCUT2D eigenvalue weighted by Crippen LogP contribution is -2.19. The van der Waals surface area contributed by atoms with Crippen LogP contribution in [0.2, 0.25) is 0 Å². The van der Waals surface area contributed by atoms with Crippen LogP contribution in [0.15, 0.2) is 0 Å². The van der Waals surface area contributed by atoms with E-state index in [1.54, 1.807) is 0 Å². The summed E-state index contributed by atoms with van der Waals surface area (Å²) >= 11 is 0. The van der Waals surface area contributed by atoms with Gasteiger partial charge in [-0.25, -0.2) is 0 Å². The van der Waals surface area contributed by atoms with E-state index in [2.05, 4.69) is 6.92 Å². The minimum Gasteiger partial charge on any atom is -0.481 e. The van der Waals surface area contributed by atoms with Gasteiger partial charge in [-0.1, -0.05) is 0 Å². The number of aliphatic carboxylic acids is 1. The number of hydrogen-bond acceptors (Lipinski definition) is 2. The van der Waals surface area contributed by atoms with E-state index in [-0.39, 0.29) is 6.42 Å². The number of carboxylic acids is 1. The Hall–Kier alpha value is -0.570. The van der Waals surface area contributed by atoms with Crippen molar-refractivity contribution in [1.29, 1.82) is 0 Å². The number of rotatable bonds is 2. The number of carboxylic acid groups (broad SMARTS) is 1. The number of nitrogens with two attached hydrogens (primary N) is 1. The zero-order chi connectivity index (χ0) is 5.86. The molecule has 7 heavy (non-hydrogen) atoms. The molecule has 41 valence electrons. The van der Waals surface area contributed by atoms with Gasteiger partial charge < -0.3 is 10.8 Å². The number of carbonyl (C=O) groups is 1. The van der Waals surface area contributed by atoms with Crippen LogP contribution in [0, 0.1) is 6.92 Å². The lowest BCUT2D eigenvalue weighted by Gasteiger charge is -1.94. The molecule has 1 atom stereocenters. The summed E-state index contributed by atoms with van der Waals surface area (Å²) in [6.07, 6.45) is -0.0556. The molecule has 0 saturated carbocycles. The second-order valence-electron chi connectivity index (χ2n) is 1.36. The maximum absolute atomic E-state index is 9.69. The zero-order valence-corrected chi connectivity index (χ0v) is 3.92. The Morgan fingerprint density at radius 2 is 2.43 bits per heavy atom. The maximum Gasteiger partial charge on any atom is 0.304 e. The van der Waals surface area contributed by atoms with E-state index in [1.165, 1.54) is 0 Å². The van der Waals surface area contributed by atoms with E-state index >= 15 is 0 Å². The largest absolute Gasteiger partial charge is 0.481 e. The van der Waals surface area contributed by atoms with Gasteiger partial charge in [0.15, 0.2) is 0 Å². The van der Waals surface area contributed by atoms with E-state index in [0.717, 1.165) is 0 Å². The first-order valence-electron chi connectivity index (χ1n) is 1.93. The predicted molar refractivity (Wildman–Crippen MR) is 25.6 cm³/mol. The highest BCUT2D eigenvalue weighted by Crippen LogP contribution is 1.81.